The second kappa shape index (κ2) is 5.45. The van der Waals surface area contributed by atoms with Gasteiger partial charge in [-0.15, -0.1) is 0 Å². The Bertz CT molecular complexity index is 345. The summed E-state index contributed by atoms with van der Waals surface area (Å²) >= 11 is 5.91. The lowest BCUT2D eigenvalue weighted by Gasteiger charge is -2.04. The number of hydrogen-bond donors (Lipinski definition) is 0. The normalized spacial score (nSPS) is 10.4. The van der Waals surface area contributed by atoms with Crippen LogP contribution in [-0.2, 0) is 4.79 Å². The van der Waals surface area contributed by atoms with E-state index in [1.54, 1.807) is 24.3 Å². The van der Waals surface area contributed by atoms with Crippen molar-refractivity contribution in [1.82, 2.24) is 0 Å². The van der Waals surface area contributed by atoms with Gasteiger partial charge in [-0.1, -0.05) is 17.7 Å². The fourth-order valence-corrected chi connectivity index (χ4v) is 1.23. The first-order valence-electron chi connectivity index (χ1n) is 4.32. The number of carbonyl (C=O) groups excluding carboxylic acids is 1. The number of aldehydes is 1. The van der Waals surface area contributed by atoms with Crippen molar-refractivity contribution in [2.24, 2.45) is 0 Å². The van der Waals surface area contributed by atoms with Crippen LogP contribution in [-0.4, -0.2) is 12.9 Å². The standard InChI is InChI=1S/C11H11ClO2/c1-2-14-10-5-6-11(12)9(8-10)4-3-7-13/h3-8H,2H2,1H3/b4-3+. The zero-order chi connectivity index (χ0) is 10.4. The first-order chi connectivity index (χ1) is 6.77. The maximum atomic E-state index is 10.1. The molecule has 0 aliphatic rings. The van der Waals surface area contributed by atoms with E-state index in [0.717, 1.165) is 11.3 Å². The Morgan fingerprint density at radius 1 is 1.50 bits per heavy atom. The molecule has 0 aliphatic heterocycles. The number of halogens is 1. The van der Waals surface area contributed by atoms with Crippen molar-refractivity contribution in [2.75, 3.05) is 6.61 Å². The van der Waals surface area contributed by atoms with Crippen LogP contribution in [0.25, 0.3) is 6.08 Å². The molecule has 0 atom stereocenters. The van der Waals surface area contributed by atoms with E-state index in [1.807, 2.05) is 6.92 Å². The fourth-order valence-electron chi connectivity index (χ4n) is 1.05. The Morgan fingerprint density at radius 2 is 2.29 bits per heavy atom. The molecule has 0 aliphatic carbocycles. The molecular formula is C11H11ClO2. The van der Waals surface area contributed by atoms with Gasteiger partial charge in [0.25, 0.3) is 0 Å². The van der Waals surface area contributed by atoms with E-state index >= 15 is 0 Å². The van der Waals surface area contributed by atoms with E-state index in [-0.39, 0.29) is 0 Å². The second-order valence-corrected chi connectivity index (χ2v) is 3.02. The average molecular weight is 211 g/mol. The molecule has 1 aromatic rings. The number of benzene rings is 1. The summed E-state index contributed by atoms with van der Waals surface area (Å²) in [5.41, 5.74) is 0.782. The molecular weight excluding hydrogens is 200 g/mol. The van der Waals surface area contributed by atoms with Crippen LogP contribution in [0.3, 0.4) is 0 Å². The zero-order valence-electron chi connectivity index (χ0n) is 7.87. The maximum Gasteiger partial charge on any atom is 0.142 e. The Kier molecular flexibility index (Phi) is 4.20. The van der Waals surface area contributed by atoms with Gasteiger partial charge in [0.2, 0.25) is 0 Å². The minimum atomic E-state index is 0.603. The molecule has 0 radical (unpaired) electrons. The Labute approximate surface area is 88.1 Å². The summed E-state index contributed by atoms with van der Waals surface area (Å²) in [4.78, 5) is 10.1. The predicted molar refractivity (Wildman–Crippen MR) is 57.7 cm³/mol. The number of ether oxygens (including phenoxy) is 1. The molecule has 0 unspecified atom stereocenters. The predicted octanol–water partition coefficient (Wildman–Crippen LogP) is 2.95. The minimum absolute atomic E-state index is 0.603. The van der Waals surface area contributed by atoms with Gasteiger partial charge < -0.3 is 4.74 Å². The van der Waals surface area contributed by atoms with E-state index in [0.29, 0.717) is 17.9 Å². The highest BCUT2D eigenvalue weighted by Crippen LogP contribution is 2.23. The Balaban J connectivity index is 2.95. The molecule has 0 fully saturated rings. The molecule has 1 aromatic carbocycles. The van der Waals surface area contributed by atoms with Gasteiger partial charge in [0.05, 0.1) is 6.61 Å². The van der Waals surface area contributed by atoms with Crippen LogP contribution in [0.5, 0.6) is 5.75 Å². The number of allylic oxidation sites excluding steroid dienone is 1. The highest BCUT2D eigenvalue weighted by Gasteiger charge is 1.98. The van der Waals surface area contributed by atoms with Gasteiger partial charge in [-0.05, 0) is 36.8 Å². The van der Waals surface area contributed by atoms with Crippen molar-refractivity contribution >= 4 is 24.0 Å². The lowest BCUT2D eigenvalue weighted by molar-refractivity contribution is -0.104. The van der Waals surface area contributed by atoms with Gasteiger partial charge in [0.15, 0.2) is 0 Å². The van der Waals surface area contributed by atoms with Crippen molar-refractivity contribution in [2.45, 2.75) is 6.92 Å². The molecule has 0 N–H and O–H groups in total. The van der Waals surface area contributed by atoms with E-state index in [2.05, 4.69) is 0 Å². The third-order valence-electron chi connectivity index (χ3n) is 1.63. The largest absolute Gasteiger partial charge is 0.494 e. The summed E-state index contributed by atoms with van der Waals surface area (Å²) in [5, 5.41) is 0.603. The van der Waals surface area contributed by atoms with Crippen molar-refractivity contribution in [3.05, 3.63) is 34.9 Å². The molecule has 0 amide bonds. The third-order valence-corrected chi connectivity index (χ3v) is 1.98. The summed E-state index contributed by atoms with van der Waals surface area (Å²) < 4.78 is 5.30. The fraction of sp³-hybridized carbons (Fsp3) is 0.182. The topological polar surface area (TPSA) is 26.3 Å². The Morgan fingerprint density at radius 3 is 2.93 bits per heavy atom. The molecule has 2 nitrogen and oxygen atoms in total. The quantitative estimate of drug-likeness (QED) is 0.564. The van der Waals surface area contributed by atoms with E-state index in [9.17, 15) is 4.79 Å². The second-order valence-electron chi connectivity index (χ2n) is 2.61. The molecule has 74 valence electrons. The first kappa shape index (κ1) is 10.8. The van der Waals surface area contributed by atoms with E-state index in [4.69, 9.17) is 16.3 Å². The van der Waals surface area contributed by atoms with Crippen LogP contribution >= 0.6 is 11.6 Å². The molecule has 0 heterocycles. The molecule has 0 saturated carbocycles. The lowest BCUT2D eigenvalue weighted by Crippen LogP contribution is -1.91. The average Bonchev–Trinajstić information content (AvgIpc) is 2.19. The lowest BCUT2D eigenvalue weighted by atomic mass is 10.2. The molecule has 0 aromatic heterocycles. The van der Waals surface area contributed by atoms with Gasteiger partial charge >= 0.3 is 0 Å². The van der Waals surface area contributed by atoms with Crippen molar-refractivity contribution in [1.29, 1.82) is 0 Å². The van der Waals surface area contributed by atoms with Crippen LogP contribution in [0.1, 0.15) is 12.5 Å². The third kappa shape index (κ3) is 2.89. The molecule has 0 saturated heterocycles. The highest BCUT2D eigenvalue weighted by atomic mass is 35.5. The van der Waals surface area contributed by atoms with E-state index in [1.165, 1.54) is 6.08 Å². The summed E-state index contributed by atoms with van der Waals surface area (Å²) in [5.74, 6) is 0.752. The molecule has 0 bridgehead atoms. The van der Waals surface area contributed by atoms with Gasteiger partial charge in [-0.3, -0.25) is 4.79 Å². The van der Waals surface area contributed by atoms with Crippen molar-refractivity contribution in [3.63, 3.8) is 0 Å². The molecule has 1 rings (SSSR count). The number of rotatable bonds is 4. The van der Waals surface area contributed by atoms with Crippen LogP contribution < -0.4 is 4.74 Å². The SMILES string of the molecule is CCOc1ccc(Cl)c(/C=C/C=O)c1. The van der Waals surface area contributed by atoms with Crippen LogP contribution in [0.4, 0.5) is 0 Å². The Hall–Kier alpha value is -1.28. The van der Waals surface area contributed by atoms with Crippen LogP contribution in [0, 0.1) is 0 Å². The summed E-state index contributed by atoms with van der Waals surface area (Å²) in [6, 6.07) is 5.34. The highest BCUT2D eigenvalue weighted by molar-refractivity contribution is 6.32. The summed E-state index contributed by atoms with van der Waals surface area (Å²) in [6.07, 6.45) is 3.76. The number of hydrogen-bond acceptors (Lipinski definition) is 2. The molecule has 14 heavy (non-hydrogen) atoms. The first-order valence-corrected chi connectivity index (χ1v) is 4.70. The van der Waals surface area contributed by atoms with E-state index < -0.39 is 0 Å². The van der Waals surface area contributed by atoms with Crippen molar-refractivity contribution in [3.8, 4) is 5.75 Å². The number of carbonyl (C=O) groups is 1. The van der Waals surface area contributed by atoms with Crippen LogP contribution in [0.2, 0.25) is 5.02 Å². The monoisotopic (exact) mass is 210 g/mol. The van der Waals surface area contributed by atoms with Gasteiger partial charge in [-0.2, -0.15) is 0 Å². The zero-order valence-corrected chi connectivity index (χ0v) is 8.62. The van der Waals surface area contributed by atoms with Crippen LogP contribution in [0.15, 0.2) is 24.3 Å². The van der Waals surface area contributed by atoms with Gasteiger partial charge in [0, 0.05) is 5.02 Å². The summed E-state index contributed by atoms with van der Waals surface area (Å²) in [6.45, 7) is 2.52. The maximum absolute atomic E-state index is 10.1. The minimum Gasteiger partial charge on any atom is -0.494 e. The summed E-state index contributed by atoms with van der Waals surface area (Å²) in [7, 11) is 0. The van der Waals surface area contributed by atoms with Crippen molar-refractivity contribution < 1.29 is 9.53 Å². The van der Waals surface area contributed by atoms with Gasteiger partial charge in [0.1, 0.15) is 12.0 Å². The molecule has 3 heteroatoms. The molecule has 0 spiro atoms. The smallest absolute Gasteiger partial charge is 0.142 e. The van der Waals surface area contributed by atoms with Gasteiger partial charge in [-0.25, -0.2) is 0 Å².